The molecule has 0 amide bonds. The van der Waals surface area contributed by atoms with Gasteiger partial charge in [0.05, 0.1) is 6.04 Å². The monoisotopic (exact) mass is 293 g/mol. The Morgan fingerprint density at radius 3 is 3.00 bits per heavy atom. The van der Waals surface area contributed by atoms with Crippen molar-refractivity contribution in [3.05, 3.63) is 63.5 Å². The molecule has 0 radical (unpaired) electrons. The minimum atomic E-state index is -0.351. The highest BCUT2D eigenvalue weighted by molar-refractivity contribution is 7.11. The predicted octanol–water partition coefficient (Wildman–Crippen LogP) is 3.54. The zero-order chi connectivity index (χ0) is 13.2. The maximum absolute atomic E-state index is 13.1. The molecule has 1 atom stereocenters. The number of hydrogen-bond acceptors (Lipinski definition) is 4. The molecule has 3 nitrogen and oxygen atoms in total. The number of rotatable bonds is 2. The molecule has 0 spiro atoms. The fourth-order valence-electron chi connectivity index (χ4n) is 1.81. The third-order valence-electron chi connectivity index (χ3n) is 2.68. The minimum Gasteiger partial charge on any atom is -0.345 e. The number of benzene rings is 1. The van der Waals surface area contributed by atoms with Gasteiger partial charge >= 0.3 is 0 Å². The smallest absolute Gasteiger partial charge is 0.162 e. The van der Waals surface area contributed by atoms with Gasteiger partial charge in [-0.25, -0.2) is 9.37 Å². The van der Waals surface area contributed by atoms with E-state index < -0.39 is 0 Å². The van der Waals surface area contributed by atoms with E-state index >= 15 is 0 Å². The average molecular weight is 294 g/mol. The molecule has 6 heteroatoms. The number of hydrogen-bond donors (Lipinski definition) is 1. The second-order valence-electron chi connectivity index (χ2n) is 3.93. The minimum absolute atomic E-state index is 0.228. The van der Waals surface area contributed by atoms with Crippen LogP contribution in [0.1, 0.15) is 16.6 Å². The van der Waals surface area contributed by atoms with E-state index in [1.165, 1.54) is 23.5 Å². The SMILES string of the molecule is Fc1ccc(C2C=CNC(c3nccs3)=N2)c(Cl)c1. The molecule has 3 rings (SSSR count). The second-order valence-corrected chi connectivity index (χ2v) is 5.23. The van der Waals surface area contributed by atoms with Gasteiger partial charge in [0.1, 0.15) is 5.82 Å². The first kappa shape index (κ1) is 12.3. The van der Waals surface area contributed by atoms with Crippen molar-refractivity contribution in [2.24, 2.45) is 4.99 Å². The molecular weight excluding hydrogens is 285 g/mol. The normalized spacial score (nSPS) is 18.0. The van der Waals surface area contributed by atoms with E-state index in [0.29, 0.717) is 10.9 Å². The summed E-state index contributed by atoms with van der Waals surface area (Å²) in [6.45, 7) is 0. The molecule has 1 aromatic carbocycles. The zero-order valence-electron chi connectivity index (χ0n) is 9.68. The molecule has 1 aliphatic heterocycles. The van der Waals surface area contributed by atoms with Crippen LogP contribution >= 0.6 is 22.9 Å². The Kier molecular flexibility index (Phi) is 3.31. The van der Waals surface area contributed by atoms with Crippen molar-refractivity contribution in [3.8, 4) is 0 Å². The van der Waals surface area contributed by atoms with Crippen LogP contribution < -0.4 is 5.32 Å². The van der Waals surface area contributed by atoms with Gasteiger partial charge in [-0.15, -0.1) is 11.3 Å². The summed E-state index contributed by atoms with van der Waals surface area (Å²) in [6, 6.07) is 4.11. The molecular formula is C13H9ClFN3S. The van der Waals surface area contributed by atoms with Crippen LogP contribution in [-0.4, -0.2) is 10.8 Å². The first-order chi connectivity index (χ1) is 9.24. The molecule has 19 heavy (non-hydrogen) atoms. The van der Waals surface area contributed by atoms with Gasteiger partial charge in [0, 0.05) is 22.8 Å². The van der Waals surface area contributed by atoms with Gasteiger partial charge in [-0.3, -0.25) is 4.99 Å². The highest BCUT2D eigenvalue weighted by Crippen LogP contribution is 2.29. The van der Waals surface area contributed by atoms with Crippen LogP contribution in [0.3, 0.4) is 0 Å². The molecule has 2 heterocycles. The second kappa shape index (κ2) is 5.11. The highest BCUT2D eigenvalue weighted by atomic mass is 35.5. The maximum atomic E-state index is 13.1. The number of thiazole rings is 1. The van der Waals surface area contributed by atoms with Crippen LogP contribution in [0.25, 0.3) is 0 Å². The van der Waals surface area contributed by atoms with Gasteiger partial charge in [0.25, 0.3) is 0 Å². The quantitative estimate of drug-likeness (QED) is 0.919. The standard InChI is InChI=1S/C13H9ClFN3S/c14-10-7-8(15)1-2-9(10)11-3-4-16-12(18-11)13-17-5-6-19-13/h1-7,11H,(H,16,18). The summed E-state index contributed by atoms with van der Waals surface area (Å²) in [5, 5.41) is 6.13. The largest absolute Gasteiger partial charge is 0.345 e. The molecule has 1 N–H and O–H groups in total. The number of halogens is 2. The van der Waals surface area contributed by atoms with Crippen LogP contribution in [0, 0.1) is 5.82 Å². The molecule has 96 valence electrons. The Bertz CT molecular complexity index is 652. The fraction of sp³-hybridized carbons (Fsp3) is 0.0769. The lowest BCUT2D eigenvalue weighted by Gasteiger charge is -2.16. The Hall–Kier alpha value is -1.72. The molecule has 0 bridgehead atoms. The van der Waals surface area contributed by atoms with E-state index in [2.05, 4.69) is 15.3 Å². The summed E-state index contributed by atoms with van der Waals surface area (Å²) in [5.41, 5.74) is 0.773. The molecule has 2 aromatic rings. The number of aromatic nitrogens is 1. The first-order valence-corrected chi connectivity index (χ1v) is 6.85. The van der Waals surface area contributed by atoms with E-state index in [-0.39, 0.29) is 11.9 Å². The maximum Gasteiger partial charge on any atom is 0.162 e. The van der Waals surface area contributed by atoms with Gasteiger partial charge in [0.2, 0.25) is 0 Å². The first-order valence-electron chi connectivity index (χ1n) is 5.60. The average Bonchev–Trinajstić information content (AvgIpc) is 2.93. The van der Waals surface area contributed by atoms with Crippen LogP contribution in [-0.2, 0) is 0 Å². The van der Waals surface area contributed by atoms with Crippen molar-refractivity contribution in [1.29, 1.82) is 0 Å². The topological polar surface area (TPSA) is 37.3 Å². The Balaban J connectivity index is 1.96. The predicted molar refractivity (Wildman–Crippen MR) is 75.1 cm³/mol. The van der Waals surface area contributed by atoms with Crippen LogP contribution in [0.5, 0.6) is 0 Å². The van der Waals surface area contributed by atoms with Crippen molar-refractivity contribution in [3.63, 3.8) is 0 Å². The third-order valence-corrected chi connectivity index (χ3v) is 3.79. The molecule has 0 saturated heterocycles. The van der Waals surface area contributed by atoms with Crippen LogP contribution in [0.15, 0.2) is 47.0 Å². The lowest BCUT2D eigenvalue weighted by Crippen LogP contribution is -2.23. The van der Waals surface area contributed by atoms with E-state index in [1.807, 2.05) is 11.5 Å². The summed E-state index contributed by atoms with van der Waals surface area (Å²) in [6.07, 6.45) is 5.40. The van der Waals surface area contributed by atoms with Gasteiger partial charge in [0.15, 0.2) is 10.8 Å². The number of aliphatic imine (C=N–C) groups is 1. The molecule has 0 fully saturated rings. The Labute approximate surface area is 118 Å². The summed E-state index contributed by atoms with van der Waals surface area (Å²) in [7, 11) is 0. The van der Waals surface area contributed by atoms with E-state index in [1.54, 1.807) is 18.5 Å². The van der Waals surface area contributed by atoms with Crippen LogP contribution in [0.4, 0.5) is 4.39 Å². The number of amidine groups is 1. The van der Waals surface area contributed by atoms with Crippen LogP contribution in [0.2, 0.25) is 5.02 Å². The molecule has 0 saturated carbocycles. The van der Waals surface area contributed by atoms with Crippen molar-refractivity contribution >= 4 is 28.8 Å². The summed E-state index contributed by atoms with van der Waals surface area (Å²) in [4.78, 5) is 8.75. The summed E-state index contributed by atoms with van der Waals surface area (Å²) >= 11 is 7.56. The highest BCUT2D eigenvalue weighted by Gasteiger charge is 2.17. The van der Waals surface area contributed by atoms with Crippen molar-refractivity contribution in [1.82, 2.24) is 10.3 Å². The van der Waals surface area contributed by atoms with E-state index in [0.717, 1.165) is 10.6 Å². The molecule has 1 unspecified atom stereocenters. The van der Waals surface area contributed by atoms with Crippen molar-refractivity contribution < 1.29 is 4.39 Å². The summed E-state index contributed by atoms with van der Waals surface area (Å²) in [5.74, 6) is 0.346. The van der Waals surface area contributed by atoms with Gasteiger partial charge in [-0.1, -0.05) is 17.7 Å². The molecule has 0 aliphatic carbocycles. The molecule has 1 aliphatic rings. The Morgan fingerprint density at radius 1 is 1.37 bits per heavy atom. The number of nitrogens with one attached hydrogen (secondary N) is 1. The summed E-state index contributed by atoms with van der Waals surface area (Å²) < 4.78 is 13.1. The van der Waals surface area contributed by atoms with Gasteiger partial charge in [-0.05, 0) is 23.8 Å². The van der Waals surface area contributed by atoms with Gasteiger partial charge in [-0.2, -0.15) is 0 Å². The fourth-order valence-corrected chi connectivity index (χ4v) is 2.68. The van der Waals surface area contributed by atoms with E-state index in [9.17, 15) is 4.39 Å². The molecule has 1 aromatic heterocycles. The van der Waals surface area contributed by atoms with E-state index in [4.69, 9.17) is 11.6 Å². The lowest BCUT2D eigenvalue weighted by molar-refractivity contribution is 0.626. The zero-order valence-corrected chi connectivity index (χ0v) is 11.2. The Morgan fingerprint density at radius 2 is 2.26 bits per heavy atom. The van der Waals surface area contributed by atoms with Crippen molar-refractivity contribution in [2.75, 3.05) is 0 Å². The van der Waals surface area contributed by atoms with Gasteiger partial charge < -0.3 is 5.32 Å². The lowest BCUT2D eigenvalue weighted by atomic mass is 10.1. The van der Waals surface area contributed by atoms with Crippen molar-refractivity contribution in [2.45, 2.75) is 6.04 Å². The number of nitrogens with zero attached hydrogens (tertiary/aromatic N) is 2. The third kappa shape index (κ3) is 2.52.